The predicted octanol–water partition coefficient (Wildman–Crippen LogP) is 3.06. The summed E-state index contributed by atoms with van der Waals surface area (Å²) in [6.45, 7) is 2.21. The zero-order valence-electron chi connectivity index (χ0n) is 18.8. The Morgan fingerprint density at radius 2 is 1.59 bits per heavy atom. The van der Waals surface area contributed by atoms with Crippen molar-refractivity contribution >= 4 is 17.7 Å². The molecule has 32 heavy (non-hydrogen) atoms. The van der Waals surface area contributed by atoms with E-state index in [1.165, 1.54) is 0 Å². The summed E-state index contributed by atoms with van der Waals surface area (Å²) in [4.78, 5) is 23.9. The molecule has 0 radical (unpaired) electrons. The molecule has 2 rings (SSSR count). The van der Waals surface area contributed by atoms with E-state index in [0.717, 1.165) is 16.9 Å². The summed E-state index contributed by atoms with van der Waals surface area (Å²) in [6.07, 6.45) is -0.00264. The molecule has 0 aliphatic rings. The number of nitrogens with one attached hydrogen (secondary N) is 2. The molecule has 0 unspecified atom stereocenters. The van der Waals surface area contributed by atoms with Gasteiger partial charge in [0.1, 0.15) is 12.4 Å². The van der Waals surface area contributed by atoms with Gasteiger partial charge in [-0.05, 0) is 48.7 Å². The Morgan fingerprint density at radius 3 is 2.25 bits per heavy atom. The number of rotatable bonds is 11. The standard InChI is InChI=1S/C23H29N3O6/c1-16(25-26-23(28)32-15-18-5-8-19(29-2)9-6-18)13-22(27)24-12-11-17-7-10-20(30-3)21(14-17)31-4/h5-10,14H,11-13,15H2,1-4H3,(H,24,27)(H,26,28)/b25-16-. The van der Waals surface area contributed by atoms with Gasteiger partial charge >= 0.3 is 6.09 Å². The molecule has 9 nitrogen and oxygen atoms in total. The Bertz CT molecular complexity index is 928. The van der Waals surface area contributed by atoms with E-state index in [1.54, 1.807) is 52.5 Å². The van der Waals surface area contributed by atoms with Crippen LogP contribution in [-0.4, -0.2) is 45.6 Å². The highest BCUT2D eigenvalue weighted by Gasteiger charge is 2.08. The Morgan fingerprint density at radius 1 is 0.906 bits per heavy atom. The van der Waals surface area contributed by atoms with E-state index in [1.807, 2.05) is 18.2 Å². The first-order valence-electron chi connectivity index (χ1n) is 10.0. The van der Waals surface area contributed by atoms with Gasteiger partial charge in [-0.3, -0.25) is 4.79 Å². The van der Waals surface area contributed by atoms with Crippen LogP contribution < -0.4 is 25.0 Å². The first kappa shape index (κ1) is 24.5. The van der Waals surface area contributed by atoms with Gasteiger partial charge in [-0.2, -0.15) is 5.10 Å². The van der Waals surface area contributed by atoms with E-state index < -0.39 is 6.09 Å². The first-order valence-corrected chi connectivity index (χ1v) is 10.0. The lowest BCUT2D eigenvalue weighted by molar-refractivity contribution is -0.119. The lowest BCUT2D eigenvalue weighted by Crippen LogP contribution is -2.28. The molecule has 2 aromatic rings. The molecule has 172 valence electrons. The zero-order valence-corrected chi connectivity index (χ0v) is 18.8. The number of nitrogens with zero attached hydrogens (tertiary/aromatic N) is 1. The van der Waals surface area contributed by atoms with Crippen molar-refractivity contribution in [2.24, 2.45) is 5.10 Å². The van der Waals surface area contributed by atoms with Gasteiger partial charge in [0.05, 0.1) is 27.8 Å². The number of carbonyl (C=O) groups excluding carboxylic acids is 2. The minimum absolute atomic E-state index is 0.0602. The van der Waals surface area contributed by atoms with Gasteiger partial charge in [0.25, 0.3) is 0 Å². The summed E-state index contributed by atoms with van der Waals surface area (Å²) in [6, 6.07) is 12.8. The average molecular weight is 444 g/mol. The Hall–Kier alpha value is -3.75. The largest absolute Gasteiger partial charge is 0.497 e. The van der Waals surface area contributed by atoms with Crippen molar-refractivity contribution < 1.29 is 28.5 Å². The lowest BCUT2D eigenvalue weighted by Gasteiger charge is -2.10. The SMILES string of the molecule is COc1ccc(COC(=O)N/N=C(/C)CC(=O)NCCc2ccc(OC)c(OC)c2)cc1. The Kier molecular flexibility index (Phi) is 9.83. The average Bonchev–Trinajstić information content (AvgIpc) is 2.81. The van der Waals surface area contributed by atoms with Crippen molar-refractivity contribution in [3.05, 3.63) is 53.6 Å². The van der Waals surface area contributed by atoms with Crippen LogP contribution in [0.4, 0.5) is 4.79 Å². The lowest BCUT2D eigenvalue weighted by atomic mass is 10.1. The van der Waals surface area contributed by atoms with Gasteiger partial charge in [-0.25, -0.2) is 10.2 Å². The molecular formula is C23H29N3O6. The van der Waals surface area contributed by atoms with Crippen LogP contribution in [0.25, 0.3) is 0 Å². The maximum atomic E-state index is 12.1. The number of ether oxygens (including phenoxy) is 4. The molecule has 9 heteroatoms. The first-order chi connectivity index (χ1) is 15.4. The number of methoxy groups -OCH3 is 3. The van der Waals surface area contributed by atoms with Crippen molar-refractivity contribution in [1.82, 2.24) is 10.7 Å². The van der Waals surface area contributed by atoms with E-state index >= 15 is 0 Å². The van der Waals surface area contributed by atoms with Crippen molar-refractivity contribution in [3.63, 3.8) is 0 Å². The molecule has 0 aromatic heterocycles. The number of amides is 2. The Balaban J connectivity index is 1.69. The fraction of sp³-hybridized carbons (Fsp3) is 0.348. The number of hydrogen-bond acceptors (Lipinski definition) is 7. The van der Waals surface area contributed by atoms with Gasteiger partial charge < -0.3 is 24.3 Å². The van der Waals surface area contributed by atoms with E-state index in [9.17, 15) is 9.59 Å². The monoisotopic (exact) mass is 443 g/mol. The van der Waals surface area contributed by atoms with Gasteiger partial charge in [-0.15, -0.1) is 0 Å². The highest BCUT2D eigenvalue weighted by Crippen LogP contribution is 2.27. The highest BCUT2D eigenvalue weighted by molar-refractivity contribution is 6.00. The smallest absolute Gasteiger partial charge is 0.428 e. The molecule has 0 aliphatic heterocycles. The third kappa shape index (κ3) is 8.17. The normalized spacial score (nSPS) is 10.8. The maximum absolute atomic E-state index is 12.1. The summed E-state index contributed by atoms with van der Waals surface area (Å²) in [7, 11) is 4.74. The van der Waals surface area contributed by atoms with E-state index in [-0.39, 0.29) is 18.9 Å². The molecule has 0 fully saturated rings. The van der Waals surface area contributed by atoms with Gasteiger partial charge in [0.2, 0.25) is 5.91 Å². The van der Waals surface area contributed by atoms with Gasteiger partial charge in [-0.1, -0.05) is 18.2 Å². The molecule has 0 saturated carbocycles. The van der Waals surface area contributed by atoms with Crippen molar-refractivity contribution in [2.75, 3.05) is 27.9 Å². The van der Waals surface area contributed by atoms with Crippen LogP contribution in [0.1, 0.15) is 24.5 Å². The predicted molar refractivity (Wildman–Crippen MR) is 120 cm³/mol. The molecule has 0 spiro atoms. The summed E-state index contributed by atoms with van der Waals surface area (Å²) < 4.78 is 20.7. The molecule has 0 aliphatic carbocycles. The summed E-state index contributed by atoms with van der Waals surface area (Å²) in [5.74, 6) is 1.83. The van der Waals surface area contributed by atoms with Crippen molar-refractivity contribution in [1.29, 1.82) is 0 Å². The third-order valence-electron chi connectivity index (χ3n) is 4.47. The van der Waals surface area contributed by atoms with Crippen LogP contribution in [0.3, 0.4) is 0 Å². The zero-order chi connectivity index (χ0) is 23.3. The minimum atomic E-state index is -0.700. The summed E-state index contributed by atoms with van der Waals surface area (Å²) in [5.41, 5.74) is 4.56. The van der Waals surface area contributed by atoms with E-state index in [0.29, 0.717) is 30.2 Å². The molecule has 0 bridgehead atoms. The van der Waals surface area contributed by atoms with Crippen LogP contribution >= 0.6 is 0 Å². The van der Waals surface area contributed by atoms with Crippen LogP contribution in [0, 0.1) is 0 Å². The van der Waals surface area contributed by atoms with Crippen molar-refractivity contribution in [2.45, 2.75) is 26.4 Å². The van der Waals surface area contributed by atoms with E-state index in [2.05, 4.69) is 15.8 Å². The molecular weight excluding hydrogens is 414 g/mol. The number of carbonyl (C=O) groups is 2. The number of benzene rings is 2. The second-order valence-corrected chi connectivity index (χ2v) is 6.85. The summed E-state index contributed by atoms with van der Waals surface area (Å²) >= 11 is 0. The summed E-state index contributed by atoms with van der Waals surface area (Å²) in [5, 5.41) is 6.72. The molecule has 2 amide bonds. The molecule has 0 saturated heterocycles. The Labute approximate surface area is 187 Å². The molecule has 2 aromatic carbocycles. The topological polar surface area (TPSA) is 107 Å². The second kappa shape index (κ2) is 12.8. The van der Waals surface area contributed by atoms with Crippen LogP contribution in [0.2, 0.25) is 0 Å². The third-order valence-corrected chi connectivity index (χ3v) is 4.47. The van der Waals surface area contributed by atoms with Crippen molar-refractivity contribution in [3.8, 4) is 17.2 Å². The molecule has 0 atom stereocenters. The second-order valence-electron chi connectivity index (χ2n) is 6.85. The molecule has 2 N–H and O–H groups in total. The van der Waals surface area contributed by atoms with E-state index in [4.69, 9.17) is 18.9 Å². The molecule has 0 heterocycles. The van der Waals surface area contributed by atoms with Crippen LogP contribution in [0.5, 0.6) is 17.2 Å². The fourth-order valence-corrected chi connectivity index (χ4v) is 2.76. The van der Waals surface area contributed by atoms with Crippen LogP contribution in [-0.2, 0) is 22.6 Å². The quantitative estimate of drug-likeness (QED) is 0.408. The van der Waals surface area contributed by atoms with Gasteiger partial charge in [0.15, 0.2) is 11.5 Å². The minimum Gasteiger partial charge on any atom is -0.497 e. The highest BCUT2D eigenvalue weighted by atomic mass is 16.6. The fourth-order valence-electron chi connectivity index (χ4n) is 2.76. The maximum Gasteiger partial charge on any atom is 0.428 e. The number of hydrazone groups is 1. The van der Waals surface area contributed by atoms with Crippen LogP contribution in [0.15, 0.2) is 47.6 Å². The number of hydrogen-bond donors (Lipinski definition) is 2. The van der Waals surface area contributed by atoms with Gasteiger partial charge in [0, 0.05) is 12.3 Å².